The molecule has 3 N–H and O–H groups in total. The van der Waals surface area contributed by atoms with Crippen molar-refractivity contribution >= 4 is 34.3 Å². The third-order valence-corrected chi connectivity index (χ3v) is 5.04. The van der Waals surface area contributed by atoms with E-state index in [0.717, 1.165) is 0 Å². The summed E-state index contributed by atoms with van der Waals surface area (Å²) < 4.78 is 0. The number of rotatable bonds is 5. The molecular formula is C17H25N3O4S. The second-order valence-corrected chi connectivity index (χ2v) is 8.34. The van der Waals surface area contributed by atoms with Gasteiger partial charge < -0.3 is 15.7 Å². The van der Waals surface area contributed by atoms with Crippen molar-refractivity contribution < 1.29 is 19.5 Å². The molecule has 25 heavy (non-hydrogen) atoms. The first-order valence-corrected chi connectivity index (χ1v) is 9.31. The Morgan fingerprint density at radius 3 is 2.44 bits per heavy atom. The molecule has 1 aliphatic rings. The third kappa shape index (κ3) is 5.81. The van der Waals surface area contributed by atoms with Gasteiger partial charge in [0.15, 0.2) is 5.13 Å². The largest absolute Gasteiger partial charge is 0.481 e. The van der Waals surface area contributed by atoms with Gasteiger partial charge in [0, 0.05) is 16.8 Å². The van der Waals surface area contributed by atoms with Crippen LogP contribution in [-0.4, -0.2) is 33.9 Å². The highest BCUT2D eigenvalue weighted by Gasteiger charge is 2.27. The van der Waals surface area contributed by atoms with Crippen molar-refractivity contribution in [3.63, 3.8) is 0 Å². The van der Waals surface area contributed by atoms with E-state index in [1.165, 1.54) is 11.3 Å². The number of anilines is 1. The molecule has 0 aromatic carbocycles. The average Bonchev–Trinajstić information content (AvgIpc) is 2.93. The Morgan fingerprint density at radius 2 is 1.88 bits per heavy atom. The van der Waals surface area contributed by atoms with E-state index in [2.05, 4.69) is 15.6 Å². The van der Waals surface area contributed by atoms with Crippen LogP contribution >= 0.6 is 11.3 Å². The molecular weight excluding hydrogens is 342 g/mol. The predicted molar refractivity (Wildman–Crippen MR) is 95.4 cm³/mol. The number of aromatic nitrogens is 1. The van der Waals surface area contributed by atoms with Gasteiger partial charge in [-0.2, -0.15) is 0 Å². The molecule has 8 heteroatoms. The summed E-state index contributed by atoms with van der Waals surface area (Å²) in [6.07, 6.45) is 2.72. The lowest BCUT2D eigenvalue weighted by atomic mass is 9.86. The summed E-state index contributed by atoms with van der Waals surface area (Å²) in [6, 6.07) is 0.0294. The summed E-state index contributed by atoms with van der Waals surface area (Å²) in [7, 11) is 0. The minimum atomic E-state index is -0.753. The Kier molecular flexibility index (Phi) is 6.16. The summed E-state index contributed by atoms with van der Waals surface area (Å²) in [4.78, 5) is 39.3. The van der Waals surface area contributed by atoms with E-state index in [4.69, 9.17) is 5.11 Å². The molecule has 0 spiro atoms. The smallest absolute Gasteiger partial charge is 0.306 e. The van der Waals surface area contributed by atoms with Crippen LogP contribution in [-0.2, 0) is 20.8 Å². The number of carboxylic acid groups (broad SMARTS) is 1. The van der Waals surface area contributed by atoms with Gasteiger partial charge in [0.2, 0.25) is 11.8 Å². The SMILES string of the molecule is CC(C)(C)C(=O)Nc1nc(CC(=O)NC2CCC(C(=O)O)CC2)cs1. The van der Waals surface area contributed by atoms with E-state index in [1.54, 1.807) is 5.38 Å². The first kappa shape index (κ1) is 19.4. The lowest BCUT2D eigenvalue weighted by molar-refractivity contribution is -0.142. The molecule has 7 nitrogen and oxygen atoms in total. The Balaban J connectivity index is 1.80. The van der Waals surface area contributed by atoms with Gasteiger partial charge in [0.25, 0.3) is 0 Å². The van der Waals surface area contributed by atoms with Crippen molar-refractivity contribution in [1.82, 2.24) is 10.3 Å². The fourth-order valence-electron chi connectivity index (χ4n) is 2.66. The predicted octanol–water partition coefficient (Wildman–Crippen LogP) is 2.43. The molecule has 138 valence electrons. The first-order valence-electron chi connectivity index (χ1n) is 8.43. The summed E-state index contributed by atoms with van der Waals surface area (Å²) >= 11 is 1.30. The number of nitrogens with zero attached hydrogens (tertiary/aromatic N) is 1. The fourth-order valence-corrected chi connectivity index (χ4v) is 3.36. The number of hydrogen-bond acceptors (Lipinski definition) is 5. The molecule has 2 rings (SSSR count). The number of thiazole rings is 1. The van der Waals surface area contributed by atoms with E-state index in [-0.39, 0.29) is 30.2 Å². The van der Waals surface area contributed by atoms with E-state index in [9.17, 15) is 14.4 Å². The highest BCUT2D eigenvalue weighted by molar-refractivity contribution is 7.13. The topological polar surface area (TPSA) is 108 Å². The van der Waals surface area contributed by atoms with E-state index in [1.807, 2.05) is 20.8 Å². The van der Waals surface area contributed by atoms with Crippen LogP contribution in [0.5, 0.6) is 0 Å². The molecule has 2 amide bonds. The van der Waals surface area contributed by atoms with E-state index in [0.29, 0.717) is 36.5 Å². The van der Waals surface area contributed by atoms with Gasteiger partial charge in [-0.1, -0.05) is 20.8 Å². The fraction of sp³-hybridized carbons (Fsp3) is 0.647. The molecule has 1 fully saturated rings. The molecule has 1 heterocycles. The van der Waals surface area contributed by atoms with E-state index < -0.39 is 11.4 Å². The molecule has 0 saturated heterocycles. The summed E-state index contributed by atoms with van der Waals surface area (Å²) in [5, 5.41) is 16.9. The van der Waals surface area contributed by atoms with Crippen LogP contribution in [0.1, 0.15) is 52.1 Å². The van der Waals surface area contributed by atoms with Crippen LogP contribution in [0.15, 0.2) is 5.38 Å². The van der Waals surface area contributed by atoms with Crippen LogP contribution in [0, 0.1) is 11.3 Å². The second-order valence-electron chi connectivity index (χ2n) is 7.48. The summed E-state index contributed by atoms with van der Waals surface area (Å²) in [5.74, 6) is -1.29. The van der Waals surface area contributed by atoms with Gasteiger partial charge in [0.1, 0.15) is 0 Å². The van der Waals surface area contributed by atoms with Crippen LogP contribution in [0.25, 0.3) is 0 Å². The Morgan fingerprint density at radius 1 is 1.24 bits per heavy atom. The maximum absolute atomic E-state index is 12.1. The monoisotopic (exact) mass is 367 g/mol. The molecule has 0 unspecified atom stereocenters. The van der Waals surface area contributed by atoms with Crippen molar-refractivity contribution in [3.8, 4) is 0 Å². The zero-order valence-corrected chi connectivity index (χ0v) is 15.6. The van der Waals surface area contributed by atoms with Gasteiger partial charge in [-0.05, 0) is 25.7 Å². The summed E-state index contributed by atoms with van der Waals surface area (Å²) in [6.45, 7) is 5.47. The van der Waals surface area contributed by atoms with Gasteiger partial charge in [-0.15, -0.1) is 11.3 Å². The molecule has 0 aliphatic heterocycles. The molecule has 1 aromatic rings. The maximum Gasteiger partial charge on any atom is 0.306 e. The van der Waals surface area contributed by atoms with Crippen molar-refractivity contribution in [3.05, 3.63) is 11.1 Å². The highest BCUT2D eigenvalue weighted by atomic mass is 32.1. The van der Waals surface area contributed by atoms with Crippen molar-refractivity contribution in [1.29, 1.82) is 0 Å². The molecule has 0 atom stereocenters. The quantitative estimate of drug-likeness (QED) is 0.741. The van der Waals surface area contributed by atoms with Gasteiger partial charge >= 0.3 is 5.97 Å². The standard InChI is InChI=1S/C17H25N3O4S/c1-17(2,3)15(24)20-16-19-12(9-25-16)8-13(21)18-11-6-4-10(5-7-11)14(22)23/h9-11H,4-8H2,1-3H3,(H,18,21)(H,22,23)(H,19,20,24). The molecule has 0 bridgehead atoms. The third-order valence-electron chi connectivity index (χ3n) is 4.24. The lowest BCUT2D eigenvalue weighted by Crippen LogP contribution is -2.39. The number of hydrogen-bond donors (Lipinski definition) is 3. The minimum Gasteiger partial charge on any atom is -0.481 e. The lowest BCUT2D eigenvalue weighted by Gasteiger charge is -2.26. The number of carboxylic acids is 1. The average molecular weight is 367 g/mol. The maximum atomic E-state index is 12.1. The zero-order chi connectivity index (χ0) is 18.6. The Labute approximate surface area is 151 Å². The van der Waals surface area contributed by atoms with Gasteiger partial charge in [0.05, 0.1) is 18.0 Å². The van der Waals surface area contributed by atoms with Crippen molar-refractivity contribution in [2.45, 2.75) is 58.9 Å². The molecule has 1 aliphatic carbocycles. The van der Waals surface area contributed by atoms with Crippen LogP contribution in [0.4, 0.5) is 5.13 Å². The van der Waals surface area contributed by atoms with Crippen molar-refractivity contribution in [2.75, 3.05) is 5.32 Å². The van der Waals surface area contributed by atoms with E-state index >= 15 is 0 Å². The number of carbonyl (C=O) groups is 3. The number of nitrogens with one attached hydrogen (secondary N) is 2. The summed E-state index contributed by atoms with van der Waals surface area (Å²) in [5.41, 5.74) is 0.115. The minimum absolute atomic E-state index is 0.0294. The number of amides is 2. The molecule has 1 aromatic heterocycles. The number of aliphatic carboxylic acids is 1. The highest BCUT2D eigenvalue weighted by Crippen LogP contribution is 2.25. The normalized spacial score (nSPS) is 20.8. The molecule has 1 saturated carbocycles. The van der Waals surface area contributed by atoms with Gasteiger partial charge in [-0.3, -0.25) is 14.4 Å². The molecule has 0 radical (unpaired) electrons. The van der Waals surface area contributed by atoms with Crippen LogP contribution < -0.4 is 10.6 Å². The Bertz CT molecular complexity index is 643. The first-order chi connectivity index (χ1) is 11.6. The Hall–Kier alpha value is -1.96. The number of carbonyl (C=O) groups excluding carboxylic acids is 2. The zero-order valence-electron chi connectivity index (χ0n) is 14.8. The van der Waals surface area contributed by atoms with Gasteiger partial charge in [-0.25, -0.2) is 4.98 Å². The van der Waals surface area contributed by atoms with Crippen LogP contribution in [0.3, 0.4) is 0 Å². The van der Waals surface area contributed by atoms with Crippen LogP contribution in [0.2, 0.25) is 0 Å². The van der Waals surface area contributed by atoms with Crippen molar-refractivity contribution in [2.24, 2.45) is 11.3 Å². The second kappa shape index (κ2) is 7.95.